The number of rotatable bonds is 5. The van der Waals surface area contributed by atoms with Crippen molar-refractivity contribution in [1.29, 1.82) is 0 Å². The molecule has 1 amide bonds. The summed E-state index contributed by atoms with van der Waals surface area (Å²) in [5.74, 6) is 0.273. The number of anilines is 1. The van der Waals surface area contributed by atoms with Gasteiger partial charge in [-0.25, -0.2) is 0 Å². The Morgan fingerprint density at radius 3 is 2.55 bits per heavy atom. The highest BCUT2D eigenvalue weighted by molar-refractivity contribution is 7.80. The lowest BCUT2D eigenvalue weighted by atomic mass is 9.93. The number of nitrogens with one attached hydrogen (secondary N) is 1. The first kappa shape index (κ1) is 21.9. The van der Waals surface area contributed by atoms with Crippen LogP contribution in [0.25, 0.3) is 0 Å². The van der Waals surface area contributed by atoms with Crippen molar-refractivity contribution in [1.82, 2.24) is 15.1 Å². The van der Waals surface area contributed by atoms with E-state index in [1.165, 1.54) is 16.8 Å². The number of aryl methyl sites for hydroxylation is 1. The highest BCUT2D eigenvalue weighted by atomic mass is 32.1. The molecule has 160 valence electrons. The number of carbonyl (C=O) groups is 1. The minimum Gasteiger partial charge on any atom is -0.368 e. The molecule has 0 saturated carbocycles. The molecule has 1 aromatic rings. The quantitative estimate of drug-likeness (QED) is 0.744. The molecule has 0 aromatic heterocycles. The molecule has 6 heteroatoms. The summed E-state index contributed by atoms with van der Waals surface area (Å²) in [5, 5.41) is 4.25. The second-order valence-electron chi connectivity index (χ2n) is 9.25. The van der Waals surface area contributed by atoms with E-state index in [4.69, 9.17) is 12.2 Å². The summed E-state index contributed by atoms with van der Waals surface area (Å²) in [5.41, 5.74) is 4.03. The normalized spacial score (nSPS) is 21.9. The fourth-order valence-electron chi connectivity index (χ4n) is 4.62. The van der Waals surface area contributed by atoms with Crippen molar-refractivity contribution < 1.29 is 4.79 Å². The number of benzene rings is 1. The fraction of sp³-hybridized carbons (Fsp3) is 0.652. The molecule has 2 aliphatic heterocycles. The van der Waals surface area contributed by atoms with E-state index in [-0.39, 0.29) is 11.4 Å². The second-order valence-corrected chi connectivity index (χ2v) is 9.64. The minimum atomic E-state index is 0.0537. The first-order valence-electron chi connectivity index (χ1n) is 10.9. The molecule has 0 radical (unpaired) electrons. The number of nitrogens with zero attached hydrogens (tertiary/aromatic N) is 3. The summed E-state index contributed by atoms with van der Waals surface area (Å²) >= 11 is 5.55. The van der Waals surface area contributed by atoms with Gasteiger partial charge in [-0.15, -0.1) is 0 Å². The molecule has 2 fully saturated rings. The molecule has 29 heavy (non-hydrogen) atoms. The van der Waals surface area contributed by atoms with E-state index in [1.54, 1.807) is 0 Å². The van der Waals surface area contributed by atoms with Crippen molar-refractivity contribution in [3.05, 3.63) is 29.3 Å². The van der Waals surface area contributed by atoms with Crippen LogP contribution >= 0.6 is 12.2 Å². The maximum Gasteiger partial charge on any atom is 0.222 e. The van der Waals surface area contributed by atoms with E-state index in [1.807, 2.05) is 4.90 Å². The lowest BCUT2D eigenvalue weighted by Crippen LogP contribution is -2.60. The molecular weight excluding hydrogens is 380 g/mol. The van der Waals surface area contributed by atoms with Crippen LogP contribution in [0, 0.1) is 13.8 Å². The smallest absolute Gasteiger partial charge is 0.222 e. The Labute approximate surface area is 181 Å². The predicted molar refractivity (Wildman–Crippen MR) is 125 cm³/mol. The van der Waals surface area contributed by atoms with Gasteiger partial charge in [0.15, 0.2) is 5.11 Å². The van der Waals surface area contributed by atoms with Gasteiger partial charge in [-0.05, 0) is 76.9 Å². The summed E-state index contributed by atoms with van der Waals surface area (Å²) in [6, 6.07) is 6.88. The van der Waals surface area contributed by atoms with Crippen molar-refractivity contribution in [2.24, 2.45) is 0 Å². The van der Waals surface area contributed by atoms with Gasteiger partial charge in [-0.2, -0.15) is 0 Å². The van der Waals surface area contributed by atoms with Crippen molar-refractivity contribution in [3.63, 3.8) is 0 Å². The largest absolute Gasteiger partial charge is 0.368 e. The SMILES string of the molecule is Cc1cccc(N2CCN(C(=O)CCCN3C(=S)NC(C)(C)C[C@@H]3C)CC2)c1C. The Bertz CT molecular complexity index is 755. The number of piperazine rings is 1. The molecule has 0 bridgehead atoms. The van der Waals surface area contributed by atoms with Crippen LogP contribution in [0.3, 0.4) is 0 Å². The molecule has 2 heterocycles. The average Bonchev–Trinajstić information content (AvgIpc) is 2.65. The number of carbonyl (C=O) groups excluding carboxylic acids is 1. The third kappa shape index (κ3) is 5.21. The molecule has 1 aromatic carbocycles. The second kappa shape index (κ2) is 8.90. The van der Waals surface area contributed by atoms with E-state index in [0.29, 0.717) is 12.5 Å². The van der Waals surface area contributed by atoms with E-state index in [0.717, 1.165) is 50.7 Å². The van der Waals surface area contributed by atoms with Crippen molar-refractivity contribution in [3.8, 4) is 0 Å². The van der Waals surface area contributed by atoms with Crippen LogP contribution in [0.1, 0.15) is 51.2 Å². The topological polar surface area (TPSA) is 38.8 Å². The molecule has 0 unspecified atom stereocenters. The first-order valence-corrected chi connectivity index (χ1v) is 11.3. The van der Waals surface area contributed by atoms with Crippen LogP contribution in [0.5, 0.6) is 0 Å². The van der Waals surface area contributed by atoms with Crippen molar-refractivity contribution in [2.45, 2.75) is 65.5 Å². The molecule has 2 aliphatic rings. The third-order valence-electron chi connectivity index (χ3n) is 6.38. The summed E-state index contributed by atoms with van der Waals surface area (Å²) in [6.07, 6.45) is 2.50. The maximum absolute atomic E-state index is 12.7. The molecule has 1 N–H and O–H groups in total. The first-order chi connectivity index (χ1) is 13.7. The number of thiocarbonyl (C=S) groups is 1. The van der Waals surface area contributed by atoms with Gasteiger partial charge in [0.1, 0.15) is 0 Å². The average molecular weight is 417 g/mol. The maximum atomic E-state index is 12.7. The van der Waals surface area contributed by atoms with Gasteiger partial charge in [0.2, 0.25) is 5.91 Å². The van der Waals surface area contributed by atoms with Crippen LogP contribution in [0.2, 0.25) is 0 Å². The fourth-order valence-corrected chi connectivity index (χ4v) is 5.16. The molecule has 3 rings (SSSR count). The summed E-state index contributed by atoms with van der Waals surface area (Å²) < 4.78 is 0. The van der Waals surface area contributed by atoms with E-state index in [9.17, 15) is 4.79 Å². The van der Waals surface area contributed by atoms with Gasteiger partial charge in [0, 0.05) is 56.4 Å². The summed E-state index contributed by atoms with van der Waals surface area (Å²) in [6.45, 7) is 15.2. The number of hydrogen-bond acceptors (Lipinski definition) is 3. The van der Waals surface area contributed by atoms with Crippen LogP contribution in [-0.4, -0.2) is 65.1 Å². The molecule has 2 saturated heterocycles. The van der Waals surface area contributed by atoms with Gasteiger partial charge in [0.05, 0.1) is 0 Å². The molecule has 1 atom stereocenters. The predicted octanol–water partition coefficient (Wildman–Crippen LogP) is 3.48. The highest BCUT2D eigenvalue weighted by Gasteiger charge is 2.33. The van der Waals surface area contributed by atoms with E-state index >= 15 is 0 Å². The van der Waals surface area contributed by atoms with Gasteiger partial charge in [-0.3, -0.25) is 4.79 Å². The lowest BCUT2D eigenvalue weighted by Gasteiger charge is -2.45. The Kier molecular flexibility index (Phi) is 6.72. The molecule has 0 aliphatic carbocycles. The minimum absolute atomic E-state index is 0.0537. The zero-order valence-electron chi connectivity index (χ0n) is 18.6. The van der Waals surface area contributed by atoms with E-state index in [2.05, 4.69) is 67.9 Å². The monoisotopic (exact) mass is 416 g/mol. The number of hydrogen-bond donors (Lipinski definition) is 1. The van der Waals surface area contributed by atoms with Crippen LogP contribution in [0.4, 0.5) is 5.69 Å². The Hall–Kier alpha value is -1.82. The zero-order chi connectivity index (χ0) is 21.2. The Morgan fingerprint density at radius 2 is 1.90 bits per heavy atom. The number of amides is 1. The Morgan fingerprint density at radius 1 is 1.21 bits per heavy atom. The van der Waals surface area contributed by atoms with E-state index < -0.39 is 0 Å². The molecule has 5 nitrogen and oxygen atoms in total. The van der Waals surface area contributed by atoms with Gasteiger partial charge >= 0.3 is 0 Å². The van der Waals surface area contributed by atoms with Crippen LogP contribution in [-0.2, 0) is 4.79 Å². The summed E-state index contributed by atoms with van der Waals surface area (Å²) in [7, 11) is 0. The van der Waals surface area contributed by atoms with Gasteiger partial charge < -0.3 is 20.0 Å². The third-order valence-corrected chi connectivity index (χ3v) is 6.72. The zero-order valence-corrected chi connectivity index (χ0v) is 19.4. The van der Waals surface area contributed by atoms with Crippen molar-refractivity contribution >= 4 is 28.9 Å². The van der Waals surface area contributed by atoms with Crippen molar-refractivity contribution in [2.75, 3.05) is 37.6 Å². The summed E-state index contributed by atoms with van der Waals surface area (Å²) in [4.78, 5) is 19.4. The Balaban J connectivity index is 1.44. The van der Waals surface area contributed by atoms with Gasteiger partial charge in [0.25, 0.3) is 0 Å². The standard InChI is InChI=1S/C23H36N4OS/c1-17-8-6-9-20(19(17)3)25-12-14-26(15-13-25)21(28)10-7-11-27-18(2)16-23(4,5)24-22(27)29/h6,8-9,18H,7,10-16H2,1-5H3,(H,24,29)/t18-/m0/s1. The van der Waals surface area contributed by atoms with Gasteiger partial charge in [-0.1, -0.05) is 12.1 Å². The highest BCUT2D eigenvalue weighted by Crippen LogP contribution is 2.25. The molecule has 0 spiro atoms. The molecular formula is C23H36N4OS. The van der Waals surface area contributed by atoms with Crippen LogP contribution in [0.15, 0.2) is 18.2 Å². The lowest BCUT2D eigenvalue weighted by molar-refractivity contribution is -0.131. The van der Waals surface area contributed by atoms with Crippen LogP contribution < -0.4 is 10.2 Å².